The van der Waals surface area contributed by atoms with Gasteiger partial charge in [-0.25, -0.2) is 4.79 Å². The number of nitrogens with zero attached hydrogens (tertiary/aromatic N) is 1. The summed E-state index contributed by atoms with van der Waals surface area (Å²) in [5.41, 5.74) is -1.79. The van der Waals surface area contributed by atoms with Crippen molar-refractivity contribution in [1.82, 2.24) is 10.3 Å². The first-order valence-corrected chi connectivity index (χ1v) is 6.13. The van der Waals surface area contributed by atoms with Crippen LogP contribution in [0, 0.1) is 16.0 Å². The molecule has 0 radical (unpaired) electrons. The van der Waals surface area contributed by atoms with Gasteiger partial charge in [-0.2, -0.15) is 0 Å². The van der Waals surface area contributed by atoms with Gasteiger partial charge in [-0.15, -0.1) is 0 Å². The maximum atomic E-state index is 11.9. The van der Waals surface area contributed by atoms with E-state index in [9.17, 15) is 24.5 Å². The van der Waals surface area contributed by atoms with Gasteiger partial charge in [0.1, 0.15) is 11.6 Å². The van der Waals surface area contributed by atoms with Gasteiger partial charge in [0.15, 0.2) is 0 Å². The maximum Gasteiger partial charge on any atom is 0.326 e. The summed E-state index contributed by atoms with van der Waals surface area (Å²) in [6.45, 7) is 3.56. The molecule has 0 aliphatic carbocycles. The number of carboxylic acids is 1. The molecule has 0 fully saturated rings. The van der Waals surface area contributed by atoms with E-state index >= 15 is 0 Å². The highest BCUT2D eigenvalue weighted by Crippen LogP contribution is 2.10. The van der Waals surface area contributed by atoms with Crippen molar-refractivity contribution in [2.75, 3.05) is 0 Å². The van der Waals surface area contributed by atoms with E-state index in [2.05, 4.69) is 10.3 Å². The Morgan fingerprint density at radius 1 is 1.48 bits per heavy atom. The largest absolute Gasteiger partial charge is 0.480 e. The van der Waals surface area contributed by atoms with Crippen molar-refractivity contribution >= 4 is 17.6 Å². The second-order valence-electron chi connectivity index (χ2n) is 4.85. The van der Waals surface area contributed by atoms with Crippen LogP contribution in [0.2, 0.25) is 0 Å². The number of H-pyrrole nitrogens is 1. The standard InChI is InChI=1S/C12H15N3O6/c1-6(2)3-9(12(18)19)14-11(17)8-4-7(15(20)21)5-13-10(8)16/h4-6,9H,3H2,1-2H3,(H,13,16)(H,14,17)(H,18,19)/t9-/m1/s1. The first kappa shape index (κ1) is 16.3. The molecular weight excluding hydrogens is 282 g/mol. The summed E-state index contributed by atoms with van der Waals surface area (Å²) < 4.78 is 0. The molecule has 0 aromatic carbocycles. The van der Waals surface area contributed by atoms with Gasteiger partial charge >= 0.3 is 5.97 Å². The van der Waals surface area contributed by atoms with Crippen molar-refractivity contribution in [2.45, 2.75) is 26.3 Å². The molecule has 1 atom stereocenters. The van der Waals surface area contributed by atoms with E-state index in [-0.39, 0.29) is 12.3 Å². The monoisotopic (exact) mass is 297 g/mol. The van der Waals surface area contributed by atoms with Gasteiger partial charge in [-0.1, -0.05) is 13.8 Å². The van der Waals surface area contributed by atoms with Crippen LogP contribution in [0.1, 0.15) is 30.6 Å². The van der Waals surface area contributed by atoms with Crippen LogP contribution in [-0.2, 0) is 4.79 Å². The van der Waals surface area contributed by atoms with Gasteiger partial charge in [0.05, 0.1) is 11.1 Å². The molecule has 0 bridgehead atoms. The Labute approximate surface area is 119 Å². The van der Waals surface area contributed by atoms with E-state index in [4.69, 9.17) is 5.11 Å². The molecule has 0 unspecified atom stereocenters. The van der Waals surface area contributed by atoms with Crippen molar-refractivity contribution in [3.05, 3.63) is 38.3 Å². The van der Waals surface area contributed by atoms with Gasteiger partial charge in [0.25, 0.3) is 17.2 Å². The second-order valence-corrected chi connectivity index (χ2v) is 4.85. The lowest BCUT2D eigenvalue weighted by atomic mass is 10.0. The molecular formula is C12H15N3O6. The van der Waals surface area contributed by atoms with Crippen LogP contribution in [-0.4, -0.2) is 32.9 Å². The van der Waals surface area contributed by atoms with Crippen molar-refractivity contribution in [3.8, 4) is 0 Å². The van der Waals surface area contributed by atoms with E-state index in [1.54, 1.807) is 13.8 Å². The summed E-state index contributed by atoms with van der Waals surface area (Å²) in [5, 5.41) is 21.8. The molecule has 1 heterocycles. The topological polar surface area (TPSA) is 142 Å². The normalized spacial score (nSPS) is 12.0. The Balaban J connectivity index is 3.02. The van der Waals surface area contributed by atoms with Crippen LogP contribution < -0.4 is 10.9 Å². The number of carboxylic acid groups (broad SMARTS) is 1. The number of nitro groups is 1. The average molecular weight is 297 g/mol. The molecule has 114 valence electrons. The van der Waals surface area contributed by atoms with Gasteiger partial charge in [0.2, 0.25) is 0 Å². The molecule has 9 nitrogen and oxygen atoms in total. The fourth-order valence-corrected chi connectivity index (χ4v) is 1.68. The quantitative estimate of drug-likeness (QED) is 0.515. The minimum atomic E-state index is -1.24. The Hall–Kier alpha value is -2.71. The highest BCUT2D eigenvalue weighted by molar-refractivity contribution is 5.96. The van der Waals surface area contributed by atoms with Crippen LogP contribution in [0.25, 0.3) is 0 Å². The minimum Gasteiger partial charge on any atom is -0.480 e. The number of aromatic amines is 1. The van der Waals surface area contributed by atoms with Crippen molar-refractivity contribution < 1.29 is 19.6 Å². The molecule has 0 aliphatic rings. The Morgan fingerprint density at radius 2 is 2.10 bits per heavy atom. The Kier molecular flexibility index (Phi) is 5.17. The number of aliphatic carboxylic acids is 1. The van der Waals surface area contributed by atoms with Crippen LogP contribution >= 0.6 is 0 Å². The van der Waals surface area contributed by atoms with Crippen LogP contribution in [0.4, 0.5) is 5.69 Å². The zero-order valence-electron chi connectivity index (χ0n) is 11.5. The van der Waals surface area contributed by atoms with Crippen molar-refractivity contribution in [3.63, 3.8) is 0 Å². The molecule has 0 saturated heterocycles. The van der Waals surface area contributed by atoms with Crippen LogP contribution in [0.3, 0.4) is 0 Å². The van der Waals surface area contributed by atoms with Crippen molar-refractivity contribution in [2.24, 2.45) is 5.92 Å². The lowest BCUT2D eigenvalue weighted by molar-refractivity contribution is -0.385. The SMILES string of the molecule is CC(C)C[C@@H](NC(=O)c1cc([N+](=O)[O-])c[nH]c1=O)C(=O)O. The summed E-state index contributed by atoms with van der Waals surface area (Å²) in [6.07, 6.45) is 1.04. The first-order chi connectivity index (χ1) is 9.72. The molecule has 0 saturated carbocycles. The molecule has 0 aliphatic heterocycles. The summed E-state index contributed by atoms with van der Waals surface area (Å²) >= 11 is 0. The van der Waals surface area contributed by atoms with Gasteiger partial charge in [-0.05, 0) is 12.3 Å². The summed E-state index contributed by atoms with van der Waals surface area (Å²) in [4.78, 5) is 46.4. The molecule has 3 N–H and O–H groups in total. The molecule has 21 heavy (non-hydrogen) atoms. The number of carbonyl (C=O) groups excluding carboxylic acids is 1. The number of hydrogen-bond donors (Lipinski definition) is 3. The van der Waals surface area contributed by atoms with Crippen LogP contribution in [0.5, 0.6) is 0 Å². The third-order valence-electron chi connectivity index (χ3n) is 2.65. The minimum absolute atomic E-state index is 0.00907. The van der Waals surface area contributed by atoms with Gasteiger partial charge in [-0.3, -0.25) is 19.7 Å². The zero-order valence-corrected chi connectivity index (χ0v) is 11.5. The van der Waals surface area contributed by atoms with Crippen LogP contribution in [0.15, 0.2) is 17.1 Å². The summed E-state index contributed by atoms with van der Waals surface area (Å²) in [7, 11) is 0. The number of amides is 1. The Morgan fingerprint density at radius 3 is 2.57 bits per heavy atom. The number of aromatic nitrogens is 1. The molecule has 1 amide bonds. The number of hydrogen-bond acceptors (Lipinski definition) is 5. The zero-order chi connectivity index (χ0) is 16.2. The predicted molar refractivity (Wildman–Crippen MR) is 72.1 cm³/mol. The summed E-state index contributed by atoms with van der Waals surface area (Å²) in [6, 6.07) is -0.362. The van der Waals surface area contributed by atoms with E-state index in [0.29, 0.717) is 0 Å². The molecule has 1 rings (SSSR count). The first-order valence-electron chi connectivity index (χ1n) is 6.13. The molecule has 1 aromatic rings. The second kappa shape index (κ2) is 6.64. The highest BCUT2D eigenvalue weighted by atomic mass is 16.6. The molecule has 9 heteroatoms. The lowest BCUT2D eigenvalue weighted by Gasteiger charge is -2.16. The van der Waals surface area contributed by atoms with E-state index in [1.807, 2.05) is 0 Å². The number of nitrogens with one attached hydrogen (secondary N) is 2. The number of pyridine rings is 1. The number of rotatable bonds is 6. The fraction of sp³-hybridized carbons (Fsp3) is 0.417. The summed E-state index contributed by atoms with van der Waals surface area (Å²) in [5.74, 6) is -2.19. The lowest BCUT2D eigenvalue weighted by Crippen LogP contribution is -2.43. The number of carbonyl (C=O) groups is 2. The Bertz CT molecular complexity index is 622. The predicted octanol–water partition coefficient (Wildman–Crippen LogP) is 0.512. The van der Waals surface area contributed by atoms with Gasteiger partial charge < -0.3 is 15.4 Å². The maximum absolute atomic E-state index is 11.9. The highest BCUT2D eigenvalue weighted by Gasteiger charge is 2.24. The smallest absolute Gasteiger partial charge is 0.326 e. The fourth-order valence-electron chi connectivity index (χ4n) is 1.68. The molecule has 0 spiro atoms. The molecule has 1 aromatic heterocycles. The van der Waals surface area contributed by atoms with E-state index in [0.717, 1.165) is 12.3 Å². The van der Waals surface area contributed by atoms with E-state index in [1.165, 1.54) is 0 Å². The van der Waals surface area contributed by atoms with E-state index < -0.39 is 39.7 Å². The van der Waals surface area contributed by atoms with Crippen molar-refractivity contribution in [1.29, 1.82) is 0 Å². The third-order valence-corrected chi connectivity index (χ3v) is 2.65. The van der Waals surface area contributed by atoms with Gasteiger partial charge in [0, 0.05) is 6.07 Å². The third kappa shape index (κ3) is 4.41. The average Bonchev–Trinajstić information content (AvgIpc) is 2.37.